The van der Waals surface area contributed by atoms with Crippen molar-refractivity contribution >= 4 is 12.4 Å². The summed E-state index contributed by atoms with van der Waals surface area (Å²) in [7, 11) is -2.36. The van der Waals surface area contributed by atoms with Crippen molar-refractivity contribution in [1.82, 2.24) is 10.2 Å². The average molecular weight is 294 g/mol. The van der Waals surface area contributed by atoms with E-state index in [1.165, 1.54) is 0 Å². The largest absolute Gasteiger partial charge is 0.462 e. The average Bonchev–Trinajstić information content (AvgIpc) is 3.05. The number of nitrogens with zero attached hydrogens (tertiary/aromatic N) is 1. The summed E-state index contributed by atoms with van der Waals surface area (Å²) >= 11 is 0. The normalized spacial score (nSPS) is 12.2. The number of aromatic nitrogens is 2. The third-order valence-electron chi connectivity index (χ3n) is 3.68. The molecule has 4 nitrogen and oxygen atoms in total. The van der Waals surface area contributed by atoms with Gasteiger partial charge in [-0.15, -0.1) is 0 Å². The second kappa shape index (κ2) is 6.01. The van der Waals surface area contributed by atoms with Crippen molar-refractivity contribution in [3.63, 3.8) is 0 Å². The molecule has 0 atom stereocenters. The van der Waals surface area contributed by atoms with Crippen molar-refractivity contribution < 1.29 is 8.98 Å². The molecule has 0 bridgehead atoms. The van der Waals surface area contributed by atoms with Gasteiger partial charge < -0.3 is 8.98 Å². The Morgan fingerprint density at radius 2 is 2.05 bits per heavy atom. The molecule has 0 aliphatic carbocycles. The molecule has 0 radical (unpaired) electrons. The predicted octanol–water partition coefficient (Wildman–Crippen LogP) is 3.90. The first kappa shape index (κ1) is 15.1. The standard InChI is InChI=1S/C15H23N2O2P/c1-5-20(18,6-2)13-7-8-19-15(13)14-12(9-11(3)4)10-16-17-14/h7-8,10-11H,5-6,9H2,1-4H3,(H,16,17). The molecule has 2 heterocycles. The van der Waals surface area contributed by atoms with Crippen LogP contribution in [0.2, 0.25) is 0 Å². The molecule has 0 aliphatic rings. The van der Waals surface area contributed by atoms with Gasteiger partial charge in [-0.05, 0) is 18.4 Å². The molecule has 2 aromatic heterocycles. The summed E-state index contributed by atoms with van der Waals surface area (Å²) in [6.45, 7) is 8.29. The van der Waals surface area contributed by atoms with Gasteiger partial charge in [-0.2, -0.15) is 5.10 Å². The summed E-state index contributed by atoms with van der Waals surface area (Å²) in [4.78, 5) is 0. The minimum atomic E-state index is -2.36. The van der Waals surface area contributed by atoms with Crippen LogP contribution in [0.1, 0.15) is 33.3 Å². The molecule has 0 saturated heterocycles. The fraction of sp³-hybridized carbons (Fsp3) is 0.533. The van der Waals surface area contributed by atoms with Gasteiger partial charge in [-0.3, -0.25) is 5.10 Å². The van der Waals surface area contributed by atoms with E-state index in [4.69, 9.17) is 4.42 Å². The maximum absolute atomic E-state index is 13.0. The summed E-state index contributed by atoms with van der Waals surface area (Å²) in [5, 5.41) is 7.98. The zero-order chi connectivity index (χ0) is 14.8. The van der Waals surface area contributed by atoms with Crippen LogP contribution >= 0.6 is 7.14 Å². The highest BCUT2D eigenvalue weighted by atomic mass is 31.2. The van der Waals surface area contributed by atoms with Crippen LogP contribution in [0.15, 0.2) is 22.9 Å². The highest BCUT2D eigenvalue weighted by Crippen LogP contribution is 2.46. The monoisotopic (exact) mass is 294 g/mol. The molecule has 0 fully saturated rings. The van der Waals surface area contributed by atoms with Crippen molar-refractivity contribution in [1.29, 1.82) is 0 Å². The van der Waals surface area contributed by atoms with E-state index in [9.17, 15) is 4.57 Å². The lowest BCUT2D eigenvalue weighted by Gasteiger charge is -2.14. The van der Waals surface area contributed by atoms with Crippen LogP contribution in [0, 0.1) is 5.92 Å². The third kappa shape index (κ3) is 2.76. The van der Waals surface area contributed by atoms with Crippen LogP contribution < -0.4 is 5.30 Å². The Labute approximate surface area is 120 Å². The Morgan fingerprint density at radius 3 is 2.65 bits per heavy atom. The molecule has 1 N–H and O–H groups in total. The van der Waals surface area contributed by atoms with Crippen LogP contribution in [0.4, 0.5) is 0 Å². The number of hydrogen-bond acceptors (Lipinski definition) is 3. The second-order valence-electron chi connectivity index (χ2n) is 5.52. The Morgan fingerprint density at radius 1 is 1.35 bits per heavy atom. The number of rotatable bonds is 6. The molecule has 0 aliphatic heterocycles. The van der Waals surface area contributed by atoms with E-state index in [1.54, 1.807) is 6.26 Å². The van der Waals surface area contributed by atoms with Gasteiger partial charge in [0.15, 0.2) is 5.76 Å². The second-order valence-corrected chi connectivity index (χ2v) is 9.05. The van der Waals surface area contributed by atoms with Gasteiger partial charge in [-0.25, -0.2) is 0 Å². The number of aromatic amines is 1. The molecule has 5 heteroatoms. The van der Waals surface area contributed by atoms with E-state index >= 15 is 0 Å². The summed E-state index contributed by atoms with van der Waals surface area (Å²) in [6, 6.07) is 1.85. The fourth-order valence-electron chi connectivity index (χ4n) is 2.48. The predicted molar refractivity (Wildman–Crippen MR) is 83.2 cm³/mol. The summed E-state index contributed by atoms with van der Waals surface area (Å²) in [6.07, 6.45) is 5.70. The quantitative estimate of drug-likeness (QED) is 0.822. The van der Waals surface area contributed by atoms with E-state index in [0.29, 0.717) is 24.0 Å². The summed E-state index contributed by atoms with van der Waals surface area (Å²) in [5.41, 5.74) is 2.00. The first-order valence-corrected chi connectivity index (χ1v) is 9.28. The number of nitrogens with one attached hydrogen (secondary N) is 1. The molecule has 0 spiro atoms. The zero-order valence-electron chi connectivity index (χ0n) is 12.6. The van der Waals surface area contributed by atoms with Gasteiger partial charge in [0, 0.05) is 17.9 Å². The zero-order valence-corrected chi connectivity index (χ0v) is 13.5. The molecule has 0 unspecified atom stereocenters. The van der Waals surface area contributed by atoms with Crippen molar-refractivity contribution in [2.75, 3.05) is 12.3 Å². The Kier molecular flexibility index (Phi) is 4.54. The van der Waals surface area contributed by atoms with Crippen molar-refractivity contribution in [2.24, 2.45) is 5.92 Å². The fourth-order valence-corrected chi connectivity index (χ4v) is 4.47. The molecule has 20 heavy (non-hydrogen) atoms. The minimum Gasteiger partial charge on any atom is -0.462 e. The van der Waals surface area contributed by atoms with Gasteiger partial charge in [0.2, 0.25) is 0 Å². The van der Waals surface area contributed by atoms with E-state index < -0.39 is 7.14 Å². The van der Waals surface area contributed by atoms with Gasteiger partial charge in [0.25, 0.3) is 0 Å². The smallest absolute Gasteiger partial charge is 0.162 e. The first-order chi connectivity index (χ1) is 9.51. The molecular formula is C15H23N2O2P. The summed E-state index contributed by atoms with van der Waals surface area (Å²) in [5.74, 6) is 1.24. The Balaban J connectivity index is 2.48. The Hall–Kier alpha value is -1.28. The van der Waals surface area contributed by atoms with E-state index in [2.05, 4.69) is 24.0 Å². The van der Waals surface area contributed by atoms with Crippen LogP contribution in [-0.2, 0) is 11.0 Å². The first-order valence-electron chi connectivity index (χ1n) is 7.20. The maximum atomic E-state index is 13.0. The van der Waals surface area contributed by atoms with Crippen LogP contribution in [-0.4, -0.2) is 22.5 Å². The molecule has 0 aromatic carbocycles. The minimum absolute atomic E-state index is 0.536. The molecule has 2 aromatic rings. The van der Waals surface area contributed by atoms with E-state index in [1.807, 2.05) is 26.1 Å². The lowest BCUT2D eigenvalue weighted by atomic mass is 10.0. The summed E-state index contributed by atoms with van der Waals surface area (Å²) < 4.78 is 18.6. The highest BCUT2D eigenvalue weighted by Gasteiger charge is 2.28. The van der Waals surface area contributed by atoms with E-state index in [0.717, 1.165) is 23.0 Å². The molecule has 0 amide bonds. The van der Waals surface area contributed by atoms with Crippen LogP contribution in [0.25, 0.3) is 11.5 Å². The van der Waals surface area contributed by atoms with E-state index in [-0.39, 0.29) is 0 Å². The molecule has 0 saturated carbocycles. The number of hydrogen-bond donors (Lipinski definition) is 1. The molecule has 2 rings (SSSR count). The SMILES string of the molecule is CCP(=O)(CC)c1ccoc1-c1[nH]ncc1CC(C)C. The van der Waals surface area contributed by atoms with Crippen molar-refractivity contribution in [3.8, 4) is 11.5 Å². The van der Waals surface area contributed by atoms with Crippen LogP contribution in [0.3, 0.4) is 0 Å². The van der Waals surface area contributed by atoms with Crippen molar-refractivity contribution in [2.45, 2.75) is 34.1 Å². The number of furan rings is 1. The lowest BCUT2D eigenvalue weighted by molar-refractivity contribution is 0.574. The molecular weight excluding hydrogens is 271 g/mol. The van der Waals surface area contributed by atoms with Gasteiger partial charge >= 0.3 is 0 Å². The van der Waals surface area contributed by atoms with Crippen LogP contribution in [0.5, 0.6) is 0 Å². The van der Waals surface area contributed by atoms with Gasteiger partial charge in [0.1, 0.15) is 12.8 Å². The maximum Gasteiger partial charge on any atom is 0.162 e. The van der Waals surface area contributed by atoms with Gasteiger partial charge in [-0.1, -0.05) is 27.7 Å². The lowest BCUT2D eigenvalue weighted by Crippen LogP contribution is -2.10. The molecule has 110 valence electrons. The Bertz CT molecular complexity index is 605. The highest BCUT2D eigenvalue weighted by molar-refractivity contribution is 7.71. The van der Waals surface area contributed by atoms with Crippen molar-refractivity contribution in [3.05, 3.63) is 24.1 Å². The third-order valence-corrected chi connectivity index (χ3v) is 6.95. The topological polar surface area (TPSA) is 58.9 Å². The number of H-pyrrole nitrogens is 1. The van der Waals surface area contributed by atoms with Gasteiger partial charge in [0.05, 0.1) is 17.8 Å².